The Morgan fingerprint density at radius 1 is 1.11 bits per heavy atom. The summed E-state index contributed by atoms with van der Waals surface area (Å²) in [6, 6.07) is 9.83. The van der Waals surface area contributed by atoms with E-state index >= 15 is 0 Å². The first-order valence-corrected chi connectivity index (χ1v) is 9.61. The maximum absolute atomic E-state index is 13.1. The monoisotopic (exact) mass is 422 g/mol. The molecular weight excluding hydrogens is 399 g/mol. The first kappa shape index (κ1) is 22.1. The first-order chi connectivity index (χ1) is 13.1. The lowest BCUT2D eigenvalue weighted by atomic mass is 10.0. The number of carbonyl (C=O) groups is 2. The van der Waals surface area contributed by atoms with E-state index < -0.39 is 17.4 Å². The second kappa shape index (κ2) is 8.84. The van der Waals surface area contributed by atoms with Crippen molar-refractivity contribution in [3.8, 4) is 5.75 Å². The van der Waals surface area contributed by atoms with Gasteiger partial charge in [-0.05, 0) is 57.5 Å². The Bertz CT molecular complexity index is 871. The van der Waals surface area contributed by atoms with Crippen molar-refractivity contribution in [2.45, 2.75) is 39.7 Å². The number of nitrogens with zero attached hydrogens (tertiary/aromatic N) is 1. The van der Waals surface area contributed by atoms with Crippen LogP contribution < -0.4 is 10.2 Å². The van der Waals surface area contributed by atoms with Crippen LogP contribution in [0.3, 0.4) is 0 Å². The predicted octanol–water partition coefficient (Wildman–Crippen LogP) is 5.15. The van der Waals surface area contributed by atoms with Gasteiger partial charge in [0, 0.05) is 26.7 Å². The lowest BCUT2D eigenvalue weighted by molar-refractivity contribution is 0.0358. The number of hydrogen-bond acceptors (Lipinski definition) is 3. The maximum atomic E-state index is 13.1. The maximum Gasteiger partial charge on any atom is 0.272 e. The minimum atomic E-state index is -0.688. The number of hydrazine groups is 1. The van der Waals surface area contributed by atoms with Crippen LogP contribution in [0.15, 0.2) is 36.4 Å². The second-order valence-electron chi connectivity index (χ2n) is 7.25. The average molecular weight is 423 g/mol. The zero-order valence-electron chi connectivity index (χ0n) is 16.6. The van der Waals surface area contributed by atoms with Crippen LogP contribution in [0.4, 0.5) is 0 Å². The molecule has 0 saturated carbocycles. The van der Waals surface area contributed by atoms with E-state index in [1.165, 1.54) is 17.1 Å². The largest absolute Gasteiger partial charge is 0.496 e. The summed E-state index contributed by atoms with van der Waals surface area (Å²) in [6.45, 7) is 7.41. The molecule has 0 unspecified atom stereocenters. The topological polar surface area (TPSA) is 58.6 Å². The highest BCUT2D eigenvalue weighted by Gasteiger charge is 2.30. The Kier molecular flexibility index (Phi) is 6.96. The molecular formula is C21H24Cl2N2O3. The summed E-state index contributed by atoms with van der Waals surface area (Å²) in [5, 5.41) is 1.98. The molecule has 150 valence electrons. The fraction of sp³-hybridized carbons (Fsp3) is 0.333. The molecule has 2 amide bonds. The van der Waals surface area contributed by atoms with Crippen molar-refractivity contribution in [2.75, 3.05) is 7.11 Å². The van der Waals surface area contributed by atoms with E-state index in [0.717, 1.165) is 5.56 Å². The second-order valence-corrected chi connectivity index (χ2v) is 8.12. The van der Waals surface area contributed by atoms with Crippen molar-refractivity contribution in [1.82, 2.24) is 10.4 Å². The summed E-state index contributed by atoms with van der Waals surface area (Å²) in [7, 11) is 1.56. The first-order valence-electron chi connectivity index (χ1n) is 8.86. The van der Waals surface area contributed by atoms with Gasteiger partial charge in [0.2, 0.25) is 0 Å². The Morgan fingerprint density at radius 3 is 2.21 bits per heavy atom. The van der Waals surface area contributed by atoms with Gasteiger partial charge < -0.3 is 4.74 Å². The van der Waals surface area contributed by atoms with Crippen LogP contribution in [0, 0.1) is 0 Å². The molecule has 0 heterocycles. The Labute approximate surface area is 175 Å². The van der Waals surface area contributed by atoms with Crippen molar-refractivity contribution < 1.29 is 14.3 Å². The van der Waals surface area contributed by atoms with E-state index in [4.69, 9.17) is 27.9 Å². The molecule has 0 saturated heterocycles. The van der Waals surface area contributed by atoms with Gasteiger partial charge in [-0.25, -0.2) is 5.01 Å². The van der Waals surface area contributed by atoms with Crippen molar-refractivity contribution in [2.24, 2.45) is 0 Å². The van der Waals surface area contributed by atoms with Crippen LogP contribution in [0.25, 0.3) is 0 Å². The van der Waals surface area contributed by atoms with E-state index in [1.807, 2.05) is 27.7 Å². The van der Waals surface area contributed by atoms with Gasteiger partial charge in [-0.3, -0.25) is 15.0 Å². The summed E-state index contributed by atoms with van der Waals surface area (Å²) in [4.78, 5) is 26.1. The van der Waals surface area contributed by atoms with Crippen LogP contribution in [0.1, 0.15) is 54.0 Å². The van der Waals surface area contributed by atoms with Gasteiger partial charge in [0.15, 0.2) is 0 Å². The van der Waals surface area contributed by atoms with Gasteiger partial charge in [0.25, 0.3) is 11.8 Å². The molecule has 0 aliphatic heterocycles. The summed E-state index contributed by atoms with van der Waals surface area (Å²) < 4.78 is 5.35. The Morgan fingerprint density at radius 2 is 1.71 bits per heavy atom. The standard InChI is InChI=1S/C21H24Cl2N2O3/c1-6-16-17(8-7-9-18(16)28-5)19(26)24-25(21(2,3)4)20(27)13-10-14(22)12-15(23)11-13/h7-12H,6H2,1-5H3,(H,24,26). The number of hydrogen-bond donors (Lipinski definition) is 1. The van der Waals surface area contributed by atoms with E-state index in [-0.39, 0.29) is 5.56 Å². The van der Waals surface area contributed by atoms with Crippen molar-refractivity contribution in [3.05, 3.63) is 63.1 Å². The minimum Gasteiger partial charge on any atom is -0.496 e. The third-order valence-corrected chi connectivity index (χ3v) is 4.58. The molecule has 1 N–H and O–H groups in total. The van der Waals surface area contributed by atoms with Crippen LogP contribution in [-0.2, 0) is 6.42 Å². The quantitative estimate of drug-likeness (QED) is 0.692. The van der Waals surface area contributed by atoms with E-state index in [9.17, 15) is 9.59 Å². The summed E-state index contributed by atoms with van der Waals surface area (Å²) in [5.74, 6) is -0.177. The third-order valence-electron chi connectivity index (χ3n) is 4.15. The number of carbonyl (C=O) groups excluding carboxylic acids is 2. The van der Waals surface area contributed by atoms with Crippen LogP contribution in [-0.4, -0.2) is 29.5 Å². The van der Waals surface area contributed by atoms with E-state index in [2.05, 4.69) is 5.43 Å². The number of halogens is 2. The molecule has 0 spiro atoms. The Balaban J connectivity index is 2.41. The van der Waals surface area contributed by atoms with Crippen LogP contribution >= 0.6 is 23.2 Å². The normalized spacial score (nSPS) is 11.1. The molecule has 0 atom stereocenters. The van der Waals surface area contributed by atoms with Crippen molar-refractivity contribution in [1.29, 1.82) is 0 Å². The molecule has 2 aromatic rings. The summed E-state index contributed by atoms with van der Waals surface area (Å²) in [5.41, 5.74) is 3.56. The van der Waals surface area contributed by atoms with Gasteiger partial charge in [0.1, 0.15) is 5.75 Å². The van der Waals surface area contributed by atoms with Crippen molar-refractivity contribution >= 4 is 35.0 Å². The number of rotatable bonds is 4. The van der Waals surface area contributed by atoms with Gasteiger partial charge in [0.05, 0.1) is 12.6 Å². The molecule has 2 aromatic carbocycles. The zero-order chi connectivity index (χ0) is 21.1. The SMILES string of the molecule is CCc1c(OC)cccc1C(=O)NN(C(=O)c1cc(Cl)cc(Cl)c1)C(C)(C)C. The molecule has 7 heteroatoms. The van der Waals surface area contributed by atoms with Crippen molar-refractivity contribution in [3.63, 3.8) is 0 Å². The predicted molar refractivity (Wildman–Crippen MR) is 112 cm³/mol. The molecule has 0 radical (unpaired) electrons. The molecule has 0 aliphatic carbocycles. The third kappa shape index (κ3) is 4.97. The molecule has 2 rings (SSSR count). The molecule has 0 aliphatic rings. The van der Waals surface area contributed by atoms with E-state index in [1.54, 1.807) is 31.4 Å². The summed E-state index contributed by atoms with van der Waals surface area (Å²) >= 11 is 12.1. The number of amides is 2. The minimum absolute atomic E-state index is 0.286. The smallest absolute Gasteiger partial charge is 0.272 e. The highest BCUT2D eigenvalue weighted by molar-refractivity contribution is 6.35. The lowest BCUT2D eigenvalue weighted by Gasteiger charge is -2.35. The molecule has 0 fully saturated rings. The van der Waals surface area contributed by atoms with Gasteiger partial charge >= 0.3 is 0 Å². The number of nitrogens with one attached hydrogen (secondary N) is 1. The fourth-order valence-corrected chi connectivity index (χ4v) is 3.35. The average Bonchev–Trinajstić information content (AvgIpc) is 2.62. The lowest BCUT2D eigenvalue weighted by Crippen LogP contribution is -2.56. The van der Waals surface area contributed by atoms with Gasteiger partial charge in [-0.15, -0.1) is 0 Å². The fourth-order valence-electron chi connectivity index (χ4n) is 2.83. The number of benzene rings is 2. The van der Waals surface area contributed by atoms with E-state index in [0.29, 0.717) is 27.8 Å². The van der Waals surface area contributed by atoms with Crippen LogP contribution in [0.5, 0.6) is 5.75 Å². The molecule has 0 aromatic heterocycles. The molecule has 5 nitrogen and oxygen atoms in total. The zero-order valence-corrected chi connectivity index (χ0v) is 18.1. The van der Waals surface area contributed by atoms with Gasteiger partial charge in [-0.2, -0.15) is 0 Å². The highest BCUT2D eigenvalue weighted by atomic mass is 35.5. The number of methoxy groups -OCH3 is 1. The van der Waals surface area contributed by atoms with Crippen LogP contribution in [0.2, 0.25) is 10.0 Å². The number of ether oxygens (including phenoxy) is 1. The Hall–Kier alpha value is -2.24. The molecule has 0 bridgehead atoms. The summed E-state index contributed by atoms with van der Waals surface area (Å²) in [6.07, 6.45) is 0.611. The highest BCUT2D eigenvalue weighted by Crippen LogP contribution is 2.25. The molecule has 28 heavy (non-hydrogen) atoms. The van der Waals surface area contributed by atoms with Gasteiger partial charge in [-0.1, -0.05) is 36.2 Å².